The Morgan fingerprint density at radius 3 is 1.96 bits per heavy atom. The highest BCUT2D eigenvalue weighted by molar-refractivity contribution is 9.10. The number of aliphatic hydroxyl groups excluding tert-OH is 1. The van der Waals surface area contributed by atoms with Gasteiger partial charge in [0.1, 0.15) is 0 Å². The fourth-order valence-corrected chi connectivity index (χ4v) is 3.67. The van der Waals surface area contributed by atoms with Crippen molar-refractivity contribution in [1.82, 2.24) is 9.88 Å². The van der Waals surface area contributed by atoms with Gasteiger partial charge >= 0.3 is 0 Å². The summed E-state index contributed by atoms with van der Waals surface area (Å²) < 4.78 is 4.33. The van der Waals surface area contributed by atoms with E-state index in [9.17, 15) is 5.11 Å². The molecule has 0 amide bonds. The summed E-state index contributed by atoms with van der Waals surface area (Å²) in [7, 11) is 0. The van der Waals surface area contributed by atoms with Gasteiger partial charge in [0.05, 0.1) is 12.6 Å². The van der Waals surface area contributed by atoms with Crippen molar-refractivity contribution in [3.63, 3.8) is 0 Å². The quantitative estimate of drug-likeness (QED) is 0.578. The zero-order valence-electron chi connectivity index (χ0n) is 14.1. The van der Waals surface area contributed by atoms with Crippen LogP contribution in [0, 0.1) is 0 Å². The predicted molar refractivity (Wildman–Crippen MR) is 109 cm³/mol. The van der Waals surface area contributed by atoms with E-state index < -0.39 is 6.10 Å². The van der Waals surface area contributed by atoms with Crippen LogP contribution in [0.4, 0.5) is 0 Å². The number of fused-ring (bicyclic) bond motifs is 3. The first-order valence-corrected chi connectivity index (χ1v) is 9.63. The molecule has 1 aromatic heterocycles. The van der Waals surface area contributed by atoms with E-state index in [0.29, 0.717) is 13.1 Å². The van der Waals surface area contributed by atoms with Gasteiger partial charge < -0.3 is 15.0 Å². The van der Waals surface area contributed by atoms with E-state index in [1.165, 1.54) is 10.8 Å². The van der Waals surface area contributed by atoms with E-state index in [0.717, 1.165) is 20.0 Å². The van der Waals surface area contributed by atoms with E-state index in [4.69, 9.17) is 0 Å². The highest BCUT2D eigenvalue weighted by atomic mass is 79.9. The monoisotopic (exact) mass is 452 g/mol. The van der Waals surface area contributed by atoms with Gasteiger partial charge in [0, 0.05) is 42.8 Å². The van der Waals surface area contributed by atoms with Gasteiger partial charge in [0.2, 0.25) is 0 Å². The Labute approximate surface area is 159 Å². The lowest BCUT2D eigenvalue weighted by Gasteiger charge is -2.23. The third-order valence-electron chi connectivity index (χ3n) is 4.05. The van der Waals surface area contributed by atoms with Crippen molar-refractivity contribution in [2.24, 2.45) is 0 Å². The third kappa shape index (κ3) is 3.85. The highest BCUT2D eigenvalue weighted by Gasteiger charge is 2.16. The molecule has 0 radical (unpaired) electrons. The Bertz CT molecular complexity index is 821. The standard InChI is InChI=1S/C19H22Br2N2O/c1-19(2,3)22-10-14(24)11-23-17-6-4-12(20)8-15(17)16-9-13(21)5-7-18(16)23/h4-9,14,22,24H,10-11H2,1-3H3/t14-/m0/s1. The van der Waals surface area contributed by atoms with E-state index in [2.05, 4.69) is 86.8 Å². The fraction of sp³-hybridized carbons (Fsp3) is 0.368. The van der Waals surface area contributed by atoms with Gasteiger partial charge in [-0.3, -0.25) is 0 Å². The second kappa shape index (κ2) is 6.79. The average Bonchev–Trinajstić information content (AvgIpc) is 2.78. The van der Waals surface area contributed by atoms with E-state index in [-0.39, 0.29) is 5.54 Å². The molecule has 2 N–H and O–H groups in total. The molecule has 0 spiro atoms. The zero-order chi connectivity index (χ0) is 17.5. The number of hydrogen-bond donors (Lipinski definition) is 2. The smallest absolute Gasteiger partial charge is 0.0843 e. The molecule has 1 heterocycles. The van der Waals surface area contributed by atoms with Gasteiger partial charge in [0.15, 0.2) is 0 Å². The minimum absolute atomic E-state index is 0.00245. The predicted octanol–water partition coefficient (Wildman–Crippen LogP) is 5.07. The van der Waals surface area contributed by atoms with Crippen molar-refractivity contribution in [2.75, 3.05) is 6.54 Å². The topological polar surface area (TPSA) is 37.2 Å². The van der Waals surface area contributed by atoms with E-state index >= 15 is 0 Å². The first kappa shape index (κ1) is 17.9. The Morgan fingerprint density at radius 2 is 1.50 bits per heavy atom. The van der Waals surface area contributed by atoms with Crippen LogP contribution >= 0.6 is 31.9 Å². The van der Waals surface area contributed by atoms with Gasteiger partial charge in [0.25, 0.3) is 0 Å². The van der Waals surface area contributed by atoms with Crippen LogP contribution in [0.5, 0.6) is 0 Å². The maximum absolute atomic E-state index is 10.5. The first-order chi connectivity index (χ1) is 11.2. The van der Waals surface area contributed by atoms with Crippen molar-refractivity contribution in [1.29, 1.82) is 0 Å². The summed E-state index contributed by atoms with van der Waals surface area (Å²) in [5, 5.41) is 16.3. The molecule has 0 fully saturated rings. The van der Waals surface area contributed by atoms with Crippen LogP contribution in [0.1, 0.15) is 20.8 Å². The van der Waals surface area contributed by atoms with Crippen LogP contribution < -0.4 is 5.32 Å². The molecular weight excluding hydrogens is 432 g/mol. The lowest BCUT2D eigenvalue weighted by atomic mass is 10.1. The van der Waals surface area contributed by atoms with Crippen molar-refractivity contribution < 1.29 is 5.11 Å². The Balaban J connectivity index is 2.02. The third-order valence-corrected chi connectivity index (χ3v) is 5.04. The summed E-state index contributed by atoms with van der Waals surface area (Å²) in [5.41, 5.74) is 2.28. The number of rotatable bonds is 4. The second-order valence-corrected chi connectivity index (χ2v) is 9.05. The van der Waals surface area contributed by atoms with Gasteiger partial charge in [-0.1, -0.05) is 31.9 Å². The number of β-amino-alcohol motifs (C(OH)–C–C–N with tert-alkyl or cyclic N) is 1. The number of benzene rings is 2. The van der Waals surface area contributed by atoms with Crippen LogP contribution in [0.25, 0.3) is 21.8 Å². The van der Waals surface area contributed by atoms with Crippen LogP contribution in [0.15, 0.2) is 45.3 Å². The lowest BCUT2D eigenvalue weighted by Crippen LogP contribution is -2.42. The van der Waals surface area contributed by atoms with E-state index in [1.54, 1.807) is 0 Å². The molecule has 3 nitrogen and oxygen atoms in total. The molecule has 1 atom stereocenters. The first-order valence-electron chi connectivity index (χ1n) is 8.05. The molecule has 2 aromatic carbocycles. The molecule has 5 heteroatoms. The number of nitrogens with zero attached hydrogens (tertiary/aromatic N) is 1. The number of aromatic nitrogens is 1. The summed E-state index contributed by atoms with van der Waals surface area (Å²) >= 11 is 7.13. The summed E-state index contributed by atoms with van der Waals surface area (Å²) in [6.07, 6.45) is -0.449. The molecule has 0 bridgehead atoms. The van der Waals surface area contributed by atoms with Crippen molar-refractivity contribution in [3.05, 3.63) is 45.3 Å². The normalized spacial score (nSPS) is 13.8. The van der Waals surface area contributed by atoms with Crippen LogP contribution in [-0.2, 0) is 6.54 Å². The minimum atomic E-state index is -0.449. The average molecular weight is 454 g/mol. The number of aliphatic hydroxyl groups is 1. The van der Waals surface area contributed by atoms with E-state index in [1.807, 2.05) is 12.1 Å². The highest BCUT2D eigenvalue weighted by Crippen LogP contribution is 2.33. The van der Waals surface area contributed by atoms with Crippen molar-refractivity contribution >= 4 is 53.7 Å². The van der Waals surface area contributed by atoms with Crippen LogP contribution in [0.3, 0.4) is 0 Å². The summed E-state index contributed by atoms with van der Waals surface area (Å²) in [5.74, 6) is 0. The number of hydrogen-bond acceptors (Lipinski definition) is 2. The number of nitrogens with one attached hydrogen (secondary N) is 1. The largest absolute Gasteiger partial charge is 0.390 e. The molecule has 128 valence electrons. The van der Waals surface area contributed by atoms with Crippen molar-refractivity contribution in [3.8, 4) is 0 Å². The summed E-state index contributed by atoms with van der Waals surface area (Å²) in [6.45, 7) is 7.45. The maximum Gasteiger partial charge on any atom is 0.0843 e. The maximum atomic E-state index is 10.5. The zero-order valence-corrected chi connectivity index (χ0v) is 17.3. The minimum Gasteiger partial charge on any atom is -0.390 e. The van der Waals surface area contributed by atoms with Crippen LogP contribution in [-0.4, -0.2) is 27.9 Å². The van der Waals surface area contributed by atoms with Crippen LogP contribution in [0.2, 0.25) is 0 Å². The van der Waals surface area contributed by atoms with Gasteiger partial charge in [-0.25, -0.2) is 0 Å². The molecular formula is C19H22Br2N2O. The lowest BCUT2D eigenvalue weighted by molar-refractivity contribution is 0.144. The second-order valence-electron chi connectivity index (χ2n) is 7.22. The number of halogens is 2. The Morgan fingerprint density at radius 1 is 1.00 bits per heavy atom. The Kier molecular flexibility index (Phi) is 5.07. The van der Waals surface area contributed by atoms with Gasteiger partial charge in [-0.15, -0.1) is 0 Å². The molecule has 24 heavy (non-hydrogen) atoms. The van der Waals surface area contributed by atoms with Gasteiger partial charge in [-0.05, 0) is 57.2 Å². The Hall–Kier alpha value is -0.880. The van der Waals surface area contributed by atoms with Gasteiger partial charge in [-0.2, -0.15) is 0 Å². The molecule has 3 aromatic rings. The summed E-state index contributed by atoms with van der Waals surface area (Å²) in [6, 6.07) is 12.6. The SMILES string of the molecule is CC(C)(C)NC[C@H](O)Cn1c2ccc(Br)cc2c2cc(Br)ccc21. The molecule has 0 aliphatic heterocycles. The molecule has 0 unspecified atom stereocenters. The molecule has 0 saturated carbocycles. The molecule has 0 aliphatic carbocycles. The summed E-state index contributed by atoms with van der Waals surface area (Å²) in [4.78, 5) is 0. The molecule has 0 saturated heterocycles. The fourth-order valence-electron chi connectivity index (χ4n) is 2.94. The molecule has 3 rings (SSSR count). The molecule has 0 aliphatic rings. The van der Waals surface area contributed by atoms with Crippen molar-refractivity contribution in [2.45, 2.75) is 39.0 Å².